The number of hydrogen-bond donors (Lipinski definition) is 3. The Bertz CT molecular complexity index is 404. The molecule has 0 aliphatic heterocycles. The molecule has 0 saturated heterocycles. The third-order valence-corrected chi connectivity index (χ3v) is 1.90. The number of nitrogens with one attached hydrogen (secondary N) is 1. The lowest BCUT2D eigenvalue weighted by Crippen LogP contribution is -1.99. The lowest BCUT2D eigenvalue weighted by atomic mass is 10.3. The first-order valence-corrected chi connectivity index (χ1v) is 3.74. The van der Waals surface area contributed by atoms with E-state index < -0.39 is 0 Å². The summed E-state index contributed by atoms with van der Waals surface area (Å²) in [5.41, 5.74) is 13.6. The Balaban J connectivity index is 2.78. The summed E-state index contributed by atoms with van der Waals surface area (Å²) in [6, 6.07) is 3.78. The minimum absolute atomic E-state index is 0.419. The highest BCUT2D eigenvalue weighted by molar-refractivity contribution is 5.90. The molecular weight excluding hydrogens is 152 g/mol. The van der Waals surface area contributed by atoms with E-state index in [0.717, 1.165) is 16.7 Å². The third kappa shape index (κ3) is 0.853. The molecule has 12 heavy (non-hydrogen) atoms. The van der Waals surface area contributed by atoms with Gasteiger partial charge in [-0.05, 0) is 12.1 Å². The van der Waals surface area contributed by atoms with Crippen LogP contribution in [-0.2, 0) is 6.54 Å². The number of nitrogen functional groups attached to an aromatic ring is 1. The van der Waals surface area contributed by atoms with Crippen LogP contribution < -0.4 is 11.5 Å². The number of nitrogens with two attached hydrogens (primary N) is 2. The first-order chi connectivity index (χ1) is 5.83. The average molecular weight is 162 g/mol. The van der Waals surface area contributed by atoms with Crippen molar-refractivity contribution in [2.24, 2.45) is 5.73 Å². The number of anilines is 1. The lowest BCUT2D eigenvalue weighted by Gasteiger charge is -1.91. The SMILES string of the molecule is NCc1[nH]c2ncccc2c1N. The van der Waals surface area contributed by atoms with Crippen LogP contribution in [0.25, 0.3) is 11.0 Å². The highest BCUT2D eigenvalue weighted by Gasteiger charge is 2.05. The van der Waals surface area contributed by atoms with Crippen molar-refractivity contribution in [1.82, 2.24) is 9.97 Å². The third-order valence-electron chi connectivity index (χ3n) is 1.90. The summed E-state index contributed by atoms with van der Waals surface area (Å²) < 4.78 is 0. The maximum atomic E-state index is 5.80. The van der Waals surface area contributed by atoms with Gasteiger partial charge in [0.05, 0.1) is 11.4 Å². The molecule has 0 unspecified atom stereocenters. The second-order valence-electron chi connectivity index (χ2n) is 2.62. The monoisotopic (exact) mass is 162 g/mol. The van der Waals surface area contributed by atoms with Crippen LogP contribution in [0.3, 0.4) is 0 Å². The van der Waals surface area contributed by atoms with Crippen molar-refractivity contribution in [1.29, 1.82) is 0 Å². The molecule has 4 nitrogen and oxygen atoms in total. The van der Waals surface area contributed by atoms with Gasteiger partial charge in [0.2, 0.25) is 0 Å². The summed E-state index contributed by atoms with van der Waals surface area (Å²) in [6.45, 7) is 0.419. The quantitative estimate of drug-likeness (QED) is 0.574. The van der Waals surface area contributed by atoms with Crippen molar-refractivity contribution in [3.05, 3.63) is 24.0 Å². The van der Waals surface area contributed by atoms with E-state index in [1.807, 2.05) is 12.1 Å². The molecule has 0 bridgehead atoms. The molecule has 0 aliphatic rings. The minimum Gasteiger partial charge on any atom is -0.397 e. The molecule has 4 heteroatoms. The van der Waals surface area contributed by atoms with Crippen molar-refractivity contribution in [2.45, 2.75) is 6.54 Å². The molecule has 0 spiro atoms. The van der Waals surface area contributed by atoms with Crippen molar-refractivity contribution >= 4 is 16.7 Å². The standard InChI is InChI=1S/C8H10N4/c9-4-6-7(10)5-2-1-3-11-8(5)12-6/h1-3H,4,9-10H2,(H,11,12). The summed E-state index contributed by atoms with van der Waals surface area (Å²) in [5.74, 6) is 0. The molecule has 0 fully saturated rings. The van der Waals surface area contributed by atoms with Gasteiger partial charge in [-0.2, -0.15) is 0 Å². The zero-order chi connectivity index (χ0) is 8.55. The van der Waals surface area contributed by atoms with Crippen LogP contribution in [0.5, 0.6) is 0 Å². The van der Waals surface area contributed by atoms with E-state index in [1.165, 1.54) is 0 Å². The van der Waals surface area contributed by atoms with Crippen molar-refractivity contribution < 1.29 is 0 Å². The number of pyridine rings is 1. The zero-order valence-corrected chi connectivity index (χ0v) is 6.54. The fourth-order valence-electron chi connectivity index (χ4n) is 1.26. The average Bonchev–Trinajstić information content (AvgIpc) is 2.44. The van der Waals surface area contributed by atoms with Crippen LogP contribution >= 0.6 is 0 Å². The summed E-state index contributed by atoms with van der Waals surface area (Å²) in [7, 11) is 0. The fraction of sp³-hybridized carbons (Fsp3) is 0.125. The van der Waals surface area contributed by atoms with Gasteiger partial charge in [-0.15, -0.1) is 0 Å². The topological polar surface area (TPSA) is 80.7 Å². The number of rotatable bonds is 1. The number of fused-ring (bicyclic) bond motifs is 1. The van der Waals surface area contributed by atoms with Crippen LogP contribution in [0.15, 0.2) is 18.3 Å². The van der Waals surface area contributed by atoms with E-state index in [-0.39, 0.29) is 0 Å². The van der Waals surface area contributed by atoms with E-state index >= 15 is 0 Å². The van der Waals surface area contributed by atoms with Crippen LogP contribution in [0, 0.1) is 0 Å². The summed E-state index contributed by atoms with van der Waals surface area (Å²) in [5, 5.41) is 0.943. The van der Waals surface area contributed by atoms with Gasteiger partial charge in [-0.1, -0.05) is 0 Å². The Morgan fingerprint density at radius 1 is 1.50 bits per heavy atom. The first-order valence-electron chi connectivity index (χ1n) is 3.74. The number of H-pyrrole nitrogens is 1. The summed E-state index contributed by atoms with van der Waals surface area (Å²) in [4.78, 5) is 7.17. The van der Waals surface area contributed by atoms with Crippen molar-refractivity contribution in [3.63, 3.8) is 0 Å². The maximum absolute atomic E-state index is 5.80. The van der Waals surface area contributed by atoms with Gasteiger partial charge in [-0.3, -0.25) is 0 Å². The molecule has 2 rings (SSSR count). The number of nitrogens with zero attached hydrogens (tertiary/aromatic N) is 1. The van der Waals surface area contributed by atoms with Gasteiger partial charge in [0.1, 0.15) is 5.65 Å². The van der Waals surface area contributed by atoms with E-state index in [9.17, 15) is 0 Å². The fourth-order valence-corrected chi connectivity index (χ4v) is 1.26. The molecule has 62 valence electrons. The highest BCUT2D eigenvalue weighted by Crippen LogP contribution is 2.21. The molecule has 2 heterocycles. The normalized spacial score (nSPS) is 10.8. The Kier molecular flexibility index (Phi) is 1.48. The molecule has 0 amide bonds. The largest absolute Gasteiger partial charge is 0.397 e. The van der Waals surface area contributed by atoms with Gasteiger partial charge in [0.15, 0.2) is 0 Å². The van der Waals surface area contributed by atoms with E-state index in [1.54, 1.807) is 6.20 Å². The Labute approximate surface area is 69.6 Å². The summed E-state index contributed by atoms with van der Waals surface area (Å²) >= 11 is 0. The van der Waals surface area contributed by atoms with Crippen molar-refractivity contribution in [2.75, 3.05) is 5.73 Å². The van der Waals surface area contributed by atoms with Gasteiger partial charge >= 0.3 is 0 Å². The Hall–Kier alpha value is -1.55. The molecule has 0 aromatic carbocycles. The minimum atomic E-state index is 0.419. The van der Waals surface area contributed by atoms with Crippen LogP contribution in [0.1, 0.15) is 5.69 Å². The summed E-state index contributed by atoms with van der Waals surface area (Å²) in [6.07, 6.45) is 1.72. The van der Waals surface area contributed by atoms with E-state index in [0.29, 0.717) is 12.2 Å². The second kappa shape index (κ2) is 2.49. The molecule has 0 radical (unpaired) electrons. The molecule has 0 atom stereocenters. The van der Waals surface area contributed by atoms with Gasteiger partial charge in [0.25, 0.3) is 0 Å². The predicted molar refractivity (Wildman–Crippen MR) is 48.4 cm³/mol. The highest BCUT2D eigenvalue weighted by atomic mass is 14.9. The number of hydrogen-bond acceptors (Lipinski definition) is 3. The van der Waals surface area contributed by atoms with E-state index in [4.69, 9.17) is 11.5 Å². The van der Waals surface area contributed by atoms with Gasteiger partial charge in [0, 0.05) is 18.1 Å². The van der Waals surface area contributed by atoms with Crippen LogP contribution in [0.4, 0.5) is 5.69 Å². The Morgan fingerprint density at radius 3 is 3.00 bits per heavy atom. The van der Waals surface area contributed by atoms with Gasteiger partial charge < -0.3 is 16.5 Å². The van der Waals surface area contributed by atoms with Crippen LogP contribution in [0.2, 0.25) is 0 Å². The molecule has 0 aliphatic carbocycles. The molecule has 0 saturated carbocycles. The predicted octanol–water partition coefficient (Wildman–Crippen LogP) is 0.604. The maximum Gasteiger partial charge on any atom is 0.139 e. The molecular formula is C8H10N4. The number of aromatic nitrogens is 2. The lowest BCUT2D eigenvalue weighted by molar-refractivity contribution is 1.02. The molecule has 2 aromatic rings. The second-order valence-corrected chi connectivity index (χ2v) is 2.62. The number of aromatic amines is 1. The van der Waals surface area contributed by atoms with Gasteiger partial charge in [-0.25, -0.2) is 4.98 Å². The first kappa shape index (κ1) is 7.12. The van der Waals surface area contributed by atoms with Crippen LogP contribution in [-0.4, -0.2) is 9.97 Å². The van der Waals surface area contributed by atoms with E-state index in [2.05, 4.69) is 9.97 Å². The smallest absolute Gasteiger partial charge is 0.139 e. The molecule has 5 N–H and O–H groups in total. The Morgan fingerprint density at radius 2 is 2.33 bits per heavy atom. The van der Waals surface area contributed by atoms with Crippen molar-refractivity contribution in [3.8, 4) is 0 Å². The molecule has 2 aromatic heterocycles. The zero-order valence-electron chi connectivity index (χ0n) is 6.54.